The normalized spacial score (nSPS) is 21.6. The Morgan fingerprint density at radius 3 is 1.61 bits per heavy atom. The van der Waals surface area contributed by atoms with Crippen LogP contribution in [-0.4, -0.2) is 22.9 Å². The van der Waals surface area contributed by atoms with E-state index in [9.17, 15) is 0 Å². The van der Waals surface area contributed by atoms with Gasteiger partial charge in [0.05, 0.1) is 11.4 Å². The van der Waals surface area contributed by atoms with E-state index in [0.717, 1.165) is 13.1 Å². The fourth-order valence-corrected chi connectivity index (χ4v) is 2.01. The van der Waals surface area contributed by atoms with Crippen molar-refractivity contribution in [1.82, 2.24) is 9.80 Å². The van der Waals surface area contributed by atoms with E-state index < -0.39 is 0 Å². The molecule has 0 saturated heterocycles. The summed E-state index contributed by atoms with van der Waals surface area (Å²) in [7, 11) is 0. The molecule has 92 valence electrons. The predicted molar refractivity (Wildman–Crippen MR) is 77.4 cm³/mol. The molecule has 0 N–H and O–H groups in total. The second kappa shape index (κ2) is 5.92. The molecule has 0 bridgehead atoms. The molecule has 2 heterocycles. The van der Waals surface area contributed by atoms with Gasteiger partial charge in [-0.1, -0.05) is 24.3 Å². The molecule has 18 heavy (non-hydrogen) atoms. The summed E-state index contributed by atoms with van der Waals surface area (Å²) >= 11 is 0. The highest BCUT2D eigenvalue weighted by molar-refractivity contribution is 5.40. The highest BCUT2D eigenvalue weighted by Gasteiger charge is 2.14. The number of allylic oxidation sites excluding steroid dienone is 6. The minimum atomic E-state index is 0.805. The van der Waals surface area contributed by atoms with Gasteiger partial charge in [-0.15, -0.1) is 13.2 Å². The maximum Gasteiger partial charge on any atom is 0.0650 e. The van der Waals surface area contributed by atoms with Crippen LogP contribution in [0.2, 0.25) is 0 Å². The molecule has 2 heteroatoms. The Kier molecular flexibility index (Phi) is 4.02. The van der Waals surface area contributed by atoms with Gasteiger partial charge in [-0.3, -0.25) is 0 Å². The maximum absolute atomic E-state index is 3.81. The van der Waals surface area contributed by atoms with Crippen molar-refractivity contribution in [3.63, 3.8) is 0 Å². The molecule has 0 aromatic carbocycles. The van der Waals surface area contributed by atoms with E-state index in [1.165, 1.54) is 11.4 Å². The van der Waals surface area contributed by atoms with Crippen molar-refractivity contribution in [3.05, 3.63) is 85.6 Å². The Labute approximate surface area is 109 Å². The van der Waals surface area contributed by atoms with Crippen LogP contribution >= 0.6 is 0 Å². The van der Waals surface area contributed by atoms with Gasteiger partial charge in [0.2, 0.25) is 0 Å². The lowest BCUT2D eigenvalue weighted by molar-refractivity contribution is 0.466. The molecule has 0 spiro atoms. The zero-order valence-electron chi connectivity index (χ0n) is 10.5. The molecule has 0 aromatic rings. The summed E-state index contributed by atoms with van der Waals surface area (Å²) in [6.45, 7) is 9.22. The van der Waals surface area contributed by atoms with Crippen LogP contribution in [0.1, 0.15) is 0 Å². The summed E-state index contributed by atoms with van der Waals surface area (Å²) in [5.41, 5.74) is 2.36. The van der Waals surface area contributed by atoms with Gasteiger partial charge in [0, 0.05) is 25.5 Å². The molecular weight excluding hydrogens is 220 g/mol. The standard InChI is InChI=1S/C16H18N2/c1-3-11-17-13-7-5-9-15(17)16-10-6-8-14-18(16)12-4-2/h3-10,13-14H,1-2,11-12H2. The van der Waals surface area contributed by atoms with Gasteiger partial charge < -0.3 is 9.80 Å². The van der Waals surface area contributed by atoms with Crippen molar-refractivity contribution < 1.29 is 0 Å². The van der Waals surface area contributed by atoms with Crippen LogP contribution in [0, 0.1) is 0 Å². The fourth-order valence-electron chi connectivity index (χ4n) is 2.01. The molecule has 2 aliphatic rings. The van der Waals surface area contributed by atoms with Crippen LogP contribution in [-0.2, 0) is 0 Å². The average molecular weight is 238 g/mol. The third kappa shape index (κ3) is 2.54. The zero-order valence-corrected chi connectivity index (χ0v) is 10.5. The Morgan fingerprint density at radius 2 is 1.22 bits per heavy atom. The fraction of sp³-hybridized carbons (Fsp3) is 0.125. The van der Waals surface area contributed by atoms with Crippen molar-refractivity contribution in [2.75, 3.05) is 13.1 Å². The maximum atomic E-state index is 3.81. The summed E-state index contributed by atoms with van der Waals surface area (Å²) in [6.07, 6.45) is 20.4. The monoisotopic (exact) mass is 238 g/mol. The largest absolute Gasteiger partial charge is 0.342 e. The van der Waals surface area contributed by atoms with Gasteiger partial charge in [-0.05, 0) is 24.3 Å². The number of hydrogen-bond acceptors (Lipinski definition) is 2. The van der Waals surface area contributed by atoms with Crippen LogP contribution in [0.5, 0.6) is 0 Å². The molecule has 0 atom stereocenters. The van der Waals surface area contributed by atoms with Crippen molar-refractivity contribution in [3.8, 4) is 0 Å². The minimum Gasteiger partial charge on any atom is -0.342 e. The van der Waals surface area contributed by atoms with Crippen molar-refractivity contribution in [2.45, 2.75) is 0 Å². The Morgan fingerprint density at radius 1 is 0.778 bits per heavy atom. The van der Waals surface area contributed by atoms with Crippen molar-refractivity contribution in [1.29, 1.82) is 0 Å². The molecule has 2 nitrogen and oxygen atoms in total. The highest BCUT2D eigenvalue weighted by atomic mass is 15.2. The predicted octanol–water partition coefficient (Wildman–Crippen LogP) is 3.34. The third-order valence-electron chi connectivity index (χ3n) is 2.80. The quantitative estimate of drug-likeness (QED) is 0.693. The summed E-state index contributed by atoms with van der Waals surface area (Å²) in [5, 5.41) is 0. The second-order valence-corrected chi connectivity index (χ2v) is 4.05. The van der Waals surface area contributed by atoms with Gasteiger partial charge in [0.1, 0.15) is 0 Å². The number of rotatable bonds is 4. The molecular formula is C16H18N2. The average Bonchev–Trinajstić information content (AvgIpc) is 2.41. The first-order valence-corrected chi connectivity index (χ1v) is 6.06. The SMILES string of the molecule is C=CCN1C=CC=CC1=C1C=CC=CN1CC=C. The molecule has 0 saturated carbocycles. The third-order valence-corrected chi connectivity index (χ3v) is 2.80. The zero-order chi connectivity index (χ0) is 12.8. The van der Waals surface area contributed by atoms with E-state index >= 15 is 0 Å². The van der Waals surface area contributed by atoms with Crippen LogP contribution in [0.15, 0.2) is 85.6 Å². The summed E-state index contributed by atoms with van der Waals surface area (Å²) in [4.78, 5) is 4.36. The molecule has 0 aliphatic carbocycles. The first-order valence-electron chi connectivity index (χ1n) is 6.06. The molecule has 0 radical (unpaired) electrons. The summed E-state index contributed by atoms with van der Waals surface area (Å²) in [5.74, 6) is 0. The smallest absolute Gasteiger partial charge is 0.0650 e. The van der Waals surface area contributed by atoms with Crippen molar-refractivity contribution in [2.24, 2.45) is 0 Å². The van der Waals surface area contributed by atoms with Gasteiger partial charge in [-0.2, -0.15) is 0 Å². The van der Waals surface area contributed by atoms with E-state index in [4.69, 9.17) is 0 Å². The topological polar surface area (TPSA) is 6.48 Å². The first kappa shape index (κ1) is 12.2. The van der Waals surface area contributed by atoms with Crippen LogP contribution in [0.25, 0.3) is 0 Å². The lowest BCUT2D eigenvalue weighted by atomic mass is 10.1. The molecule has 0 fully saturated rings. The minimum absolute atomic E-state index is 0.805. The lowest BCUT2D eigenvalue weighted by Crippen LogP contribution is -2.25. The number of nitrogens with zero attached hydrogens (tertiary/aromatic N) is 2. The van der Waals surface area contributed by atoms with E-state index in [2.05, 4.69) is 59.7 Å². The van der Waals surface area contributed by atoms with E-state index in [-0.39, 0.29) is 0 Å². The van der Waals surface area contributed by atoms with Crippen molar-refractivity contribution >= 4 is 0 Å². The Hall–Kier alpha value is -2.22. The van der Waals surface area contributed by atoms with E-state index in [1.807, 2.05) is 24.3 Å². The molecule has 2 aliphatic heterocycles. The number of hydrogen-bond donors (Lipinski definition) is 0. The lowest BCUT2D eigenvalue weighted by Gasteiger charge is -2.30. The molecule has 0 unspecified atom stereocenters. The highest BCUT2D eigenvalue weighted by Crippen LogP contribution is 2.23. The first-order chi connectivity index (χ1) is 8.86. The summed E-state index contributed by atoms with van der Waals surface area (Å²) < 4.78 is 0. The Balaban J connectivity index is 2.36. The van der Waals surface area contributed by atoms with Gasteiger partial charge >= 0.3 is 0 Å². The molecule has 0 amide bonds. The van der Waals surface area contributed by atoms with Gasteiger partial charge in [0.25, 0.3) is 0 Å². The van der Waals surface area contributed by atoms with Crippen LogP contribution in [0.4, 0.5) is 0 Å². The van der Waals surface area contributed by atoms with Crippen LogP contribution < -0.4 is 0 Å². The van der Waals surface area contributed by atoms with E-state index in [1.54, 1.807) is 0 Å². The molecule has 2 rings (SSSR count). The van der Waals surface area contributed by atoms with Crippen LogP contribution in [0.3, 0.4) is 0 Å². The Bertz CT molecular complexity index is 431. The second-order valence-electron chi connectivity index (χ2n) is 4.05. The summed E-state index contributed by atoms with van der Waals surface area (Å²) in [6, 6.07) is 0. The van der Waals surface area contributed by atoms with Gasteiger partial charge in [-0.25, -0.2) is 0 Å². The molecule has 0 aromatic heterocycles. The van der Waals surface area contributed by atoms with Gasteiger partial charge in [0.15, 0.2) is 0 Å². The van der Waals surface area contributed by atoms with E-state index in [0.29, 0.717) is 0 Å².